The summed E-state index contributed by atoms with van der Waals surface area (Å²) in [5.74, 6) is 2.16. The van der Waals surface area contributed by atoms with Gasteiger partial charge in [0, 0.05) is 5.56 Å². The molecule has 2 aromatic rings. The molecule has 0 saturated heterocycles. The molecule has 0 saturated carbocycles. The summed E-state index contributed by atoms with van der Waals surface area (Å²) in [6.07, 6.45) is 1.48. The van der Waals surface area contributed by atoms with E-state index in [4.69, 9.17) is 18.9 Å². The number of hydrogen-bond donors (Lipinski definition) is 1. The highest BCUT2D eigenvalue weighted by Crippen LogP contribution is 2.38. The molecule has 0 aromatic heterocycles. The lowest BCUT2D eigenvalue weighted by Crippen LogP contribution is -2.24. The van der Waals surface area contributed by atoms with Gasteiger partial charge in [0.15, 0.2) is 18.1 Å². The van der Waals surface area contributed by atoms with Crippen molar-refractivity contribution in [3.63, 3.8) is 0 Å². The van der Waals surface area contributed by atoms with Crippen LogP contribution in [0.25, 0.3) is 0 Å². The Bertz CT molecular complexity index is 878. The highest BCUT2D eigenvalue weighted by molar-refractivity contribution is 5.87. The average Bonchev–Trinajstić information content (AvgIpc) is 2.72. The zero-order valence-electron chi connectivity index (χ0n) is 17.7. The predicted molar refractivity (Wildman–Crippen MR) is 113 cm³/mol. The Morgan fingerprint density at radius 3 is 2.38 bits per heavy atom. The minimum atomic E-state index is -0.366. The molecule has 0 spiro atoms. The van der Waals surface area contributed by atoms with Crippen molar-refractivity contribution in [1.82, 2.24) is 5.43 Å². The standard InChI is InChI=1S/C22H28N2O5/c1-14(2)16-8-7-15(3)19(11-16)29-13-20(25)24-23-12-17-9-10-18(26-4)22(28-6)21(17)27-5/h7-12,14H,13H2,1-6H3,(H,24,25). The van der Waals surface area contributed by atoms with Crippen LogP contribution in [-0.2, 0) is 4.79 Å². The second-order valence-corrected chi connectivity index (χ2v) is 6.69. The maximum absolute atomic E-state index is 12.1. The number of nitrogens with zero attached hydrogens (tertiary/aromatic N) is 1. The highest BCUT2D eigenvalue weighted by Gasteiger charge is 2.14. The van der Waals surface area contributed by atoms with Crippen LogP contribution in [0.1, 0.15) is 36.5 Å². The second-order valence-electron chi connectivity index (χ2n) is 6.69. The fourth-order valence-corrected chi connectivity index (χ4v) is 2.71. The lowest BCUT2D eigenvalue weighted by Gasteiger charge is -2.13. The van der Waals surface area contributed by atoms with E-state index >= 15 is 0 Å². The van der Waals surface area contributed by atoms with Crippen LogP contribution in [-0.4, -0.2) is 40.1 Å². The molecule has 7 heteroatoms. The average molecular weight is 400 g/mol. The van der Waals surface area contributed by atoms with Gasteiger partial charge in [-0.15, -0.1) is 0 Å². The van der Waals surface area contributed by atoms with Gasteiger partial charge in [0.1, 0.15) is 5.75 Å². The van der Waals surface area contributed by atoms with E-state index in [2.05, 4.69) is 30.4 Å². The number of hydrazone groups is 1. The molecule has 0 aliphatic rings. The van der Waals surface area contributed by atoms with Gasteiger partial charge in [-0.1, -0.05) is 26.0 Å². The van der Waals surface area contributed by atoms with Gasteiger partial charge in [-0.25, -0.2) is 5.43 Å². The zero-order chi connectivity index (χ0) is 21.4. The van der Waals surface area contributed by atoms with Gasteiger partial charge in [-0.2, -0.15) is 5.10 Å². The number of aryl methyl sites for hydroxylation is 1. The quantitative estimate of drug-likeness (QED) is 0.513. The van der Waals surface area contributed by atoms with Crippen molar-refractivity contribution < 1.29 is 23.7 Å². The third-order valence-electron chi connectivity index (χ3n) is 4.37. The molecule has 0 radical (unpaired) electrons. The van der Waals surface area contributed by atoms with Gasteiger partial charge in [0.05, 0.1) is 27.5 Å². The van der Waals surface area contributed by atoms with Crippen LogP contribution in [0.4, 0.5) is 0 Å². The Kier molecular flexibility index (Phi) is 7.88. The van der Waals surface area contributed by atoms with E-state index in [1.807, 2.05) is 19.1 Å². The molecular formula is C22H28N2O5. The lowest BCUT2D eigenvalue weighted by atomic mass is 10.0. The number of carbonyl (C=O) groups excluding carboxylic acids is 1. The summed E-state index contributed by atoms with van der Waals surface area (Å²) >= 11 is 0. The molecule has 29 heavy (non-hydrogen) atoms. The number of nitrogens with one attached hydrogen (secondary N) is 1. The second kappa shape index (κ2) is 10.4. The molecule has 156 valence electrons. The fraction of sp³-hybridized carbons (Fsp3) is 0.364. The molecule has 0 fully saturated rings. The van der Waals surface area contributed by atoms with Crippen LogP contribution in [0.15, 0.2) is 35.4 Å². The summed E-state index contributed by atoms with van der Waals surface area (Å²) < 4.78 is 21.6. The monoisotopic (exact) mass is 400 g/mol. The summed E-state index contributed by atoms with van der Waals surface area (Å²) in [6.45, 7) is 6.03. The van der Waals surface area contributed by atoms with Crippen LogP contribution >= 0.6 is 0 Å². The number of rotatable bonds is 9. The van der Waals surface area contributed by atoms with Crippen molar-refractivity contribution in [2.24, 2.45) is 5.10 Å². The first kappa shape index (κ1) is 22.1. The minimum absolute atomic E-state index is 0.136. The number of benzene rings is 2. The van der Waals surface area contributed by atoms with E-state index in [1.54, 1.807) is 19.2 Å². The SMILES string of the molecule is COc1ccc(C=NNC(=O)COc2cc(C(C)C)ccc2C)c(OC)c1OC. The number of hydrogen-bond acceptors (Lipinski definition) is 6. The van der Waals surface area contributed by atoms with Gasteiger partial charge in [-0.05, 0) is 42.2 Å². The van der Waals surface area contributed by atoms with Crippen LogP contribution in [0.2, 0.25) is 0 Å². The zero-order valence-corrected chi connectivity index (χ0v) is 17.7. The van der Waals surface area contributed by atoms with Crippen LogP contribution in [0.3, 0.4) is 0 Å². The highest BCUT2D eigenvalue weighted by atomic mass is 16.5. The largest absolute Gasteiger partial charge is 0.493 e. The van der Waals surface area contributed by atoms with E-state index in [9.17, 15) is 4.79 Å². The molecule has 0 bridgehead atoms. The summed E-state index contributed by atoms with van der Waals surface area (Å²) in [6, 6.07) is 9.51. The molecule has 1 amide bonds. The molecule has 0 heterocycles. The summed E-state index contributed by atoms with van der Waals surface area (Å²) in [5.41, 5.74) is 5.21. The maximum atomic E-state index is 12.1. The van der Waals surface area contributed by atoms with E-state index in [1.165, 1.54) is 20.4 Å². The fourth-order valence-electron chi connectivity index (χ4n) is 2.71. The first-order valence-corrected chi connectivity index (χ1v) is 9.25. The van der Waals surface area contributed by atoms with Crippen molar-refractivity contribution in [3.8, 4) is 23.0 Å². The third-order valence-corrected chi connectivity index (χ3v) is 4.37. The summed E-state index contributed by atoms with van der Waals surface area (Å²) in [5, 5.41) is 3.98. The van der Waals surface area contributed by atoms with Gasteiger partial charge < -0.3 is 18.9 Å². The number of methoxy groups -OCH3 is 3. The Labute approximate surface area is 171 Å². The molecule has 0 atom stereocenters. The molecule has 0 aliphatic carbocycles. The van der Waals surface area contributed by atoms with E-state index in [0.717, 1.165) is 11.1 Å². The van der Waals surface area contributed by atoms with Crippen molar-refractivity contribution >= 4 is 12.1 Å². The van der Waals surface area contributed by atoms with E-state index in [0.29, 0.717) is 34.5 Å². The Morgan fingerprint density at radius 2 is 1.76 bits per heavy atom. The van der Waals surface area contributed by atoms with Crippen molar-refractivity contribution in [3.05, 3.63) is 47.0 Å². The Hall–Kier alpha value is -3.22. The van der Waals surface area contributed by atoms with Gasteiger partial charge in [0.2, 0.25) is 5.75 Å². The smallest absolute Gasteiger partial charge is 0.277 e. The molecule has 2 aromatic carbocycles. The van der Waals surface area contributed by atoms with E-state index < -0.39 is 0 Å². The van der Waals surface area contributed by atoms with Crippen LogP contribution in [0, 0.1) is 6.92 Å². The molecular weight excluding hydrogens is 372 g/mol. The van der Waals surface area contributed by atoms with E-state index in [-0.39, 0.29) is 12.5 Å². The maximum Gasteiger partial charge on any atom is 0.277 e. The number of amides is 1. The summed E-state index contributed by atoms with van der Waals surface area (Å²) in [7, 11) is 4.59. The molecule has 0 unspecified atom stereocenters. The van der Waals surface area contributed by atoms with Crippen molar-refractivity contribution in [2.45, 2.75) is 26.7 Å². The third kappa shape index (κ3) is 5.63. The molecule has 1 N–H and O–H groups in total. The first-order chi connectivity index (χ1) is 13.9. The van der Waals surface area contributed by atoms with Crippen molar-refractivity contribution in [2.75, 3.05) is 27.9 Å². The molecule has 0 aliphatic heterocycles. The Balaban J connectivity index is 2.01. The van der Waals surface area contributed by atoms with Gasteiger partial charge in [0.25, 0.3) is 5.91 Å². The van der Waals surface area contributed by atoms with Gasteiger partial charge >= 0.3 is 0 Å². The van der Waals surface area contributed by atoms with Gasteiger partial charge in [-0.3, -0.25) is 4.79 Å². The van der Waals surface area contributed by atoms with Crippen molar-refractivity contribution in [1.29, 1.82) is 0 Å². The number of ether oxygens (including phenoxy) is 4. The summed E-state index contributed by atoms with van der Waals surface area (Å²) in [4.78, 5) is 12.1. The normalized spacial score (nSPS) is 10.9. The predicted octanol–water partition coefficient (Wildman–Crippen LogP) is 3.67. The Morgan fingerprint density at radius 1 is 1.03 bits per heavy atom. The number of carbonyl (C=O) groups is 1. The van der Waals surface area contributed by atoms with Crippen LogP contribution in [0.5, 0.6) is 23.0 Å². The molecule has 7 nitrogen and oxygen atoms in total. The first-order valence-electron chi connectivity index (χ1n) is 9.25. The molecule has 2 rings (SSSR count). The topological polar surface area (TPSA) is 78.4 Å². The van der Waals surface area contributed by atoms with Crippen LogP contribution < -0.4 is 24.4 Å². The lowest BCUT2D eigenvalue weighted by molar-refractivity contribution is -0.123. The minimum Gasteiger partial charge on any atom is -0.493 e.